The summed E-state index contributed by atoms with van der Waals surface area (Å²) in [6.07, 6.45) is -0.123. The number of ether oxygens (including phenoxy) is 1. The van der Waals surface area contributed by atoms with Crippen molar-refractivity contribution >= 4 is 56.3 Å². The van der Waals surface area contributed by atoms with E-state index in [1.807, 2.05) is 0 Å². The molecule has 3 aromatic rings. The summed E-state index contributed by atoms with van der Waals surface area (Å²) in [7, 11) is 0. The summed E-state index contributed by atoms with van der Waals surface area (Å²) in [5.74, 6) is -2.50. The van der Waals surface area contributed by atoms with Gasteiger partial charge in [0, 0.05) is 15.4 Å². The van der Waals surface area contributed by atoms with Gasteiger partial charge in [0.15, 0.2) is 5.96 Å². The lowest BCUT2D eigenvalue weighted by Gasteiger charge is -2.20. The van der Waals surface area contributed by atoms with Crippen molar-refractivity contribution in [3.8, 4) is 5.75 Å². The Bertz CT molecular complexity index is 1450. The number of benzene rings is 2. The summed E-state index contributed by atoms with van der Waals surface area (Å²) in [6, 6.07) is 5.84. The molecule has 0 aliphatic carbocycles. The molecular weight excluding hydrogens is 603 g/mol. The quantitative estimate of drug-likeness (QED) is 0.200. The van der Waals surface area contributed by atoms with Gasteiger partial charge in [-0.3, -0.25) is 19.5 Å². The number of aromatic nitrogens is 2. The van der Waals surface area contributed by atoms with E-state index in [1.54, 1.807) is 0 Å². The second-order valence-corrected chi connectivity index (χ2v) is 9.56. The normalized spacial score (nSPS) is 15.6. The Morgan fingerprint density at radius 2 is 2.00 bits per heavy atom. The number of rotatable bonds is 10. The number of H-pyrrole nitrogens is 1. The number of carboxylic acid groups (broad SMARTS) is 1. The molecule has 16 heteroatoms. The molecule has 0 fully saturated rings. The zero-order valence-electron chi connectivity index (χ0n) is 20.5. The lowest BCUT2D eigenvalue weighted by atomic mass is 10.0. The summed E-state index contributed by atoms with van der Waals surface area (Å²) in [5.41, 5.74) is 1.33. The molecule has 40 heavy (non-hydrogen) atoms. The van der Waals surface area contributed by atoms with Crippen LogP contribution < -0.4 is 26.0 Å². The van der Waals surface area contributed by atoms with E-state index in [1.165, 1.54) is 36.5 Å². The van der Waals surface area contributed by atoms with E-state index in [4.69, 9.17) is 0 Å². The molecule has 1 aromatic heterocycles. The minimum atomic E-state index is -3.10. The van der Waals surface area contributed by atoms with Crippen molar-refractivity contribution < 1.29 is 37.4 Å². The first kappa shape index (κ1) is 28.7. The van der Waals surface area contributed by atoms with Gasteiger partial charge in [-0.1, -0.05) is 15.9 Å². The van der Waals surface area contributed by atoms with Crippen molar-refractivity contribution in [1.29, 1.82) is 0 Å². The molecule has 0 bridgehead atoms. The smallest absolute Gasteiger partial charge is 0.387 e. The minimum absolute atomic E-state index is 0.0114. The van der Waals surface area contributed by atoms with Gasteiger partial charge in [-0.25, -0.2) is 9.38 Å². The number of alkyl halides is 3. The molecule has 2 heterocycles. The summed E-state index contributed by atoms with van der Waals surface area (Å²) in [5, 5.41) is 27.5. The van der Waals surface area contributed by atoms with Crippen molar-refractivity contribution in [3.05, 3.63) is 52.1 Å². The second-order valence-electron chi connectivity index (χ2n) is 8.65. The molecule has 1 aliphatic heterocycles. The lowest BCUT2D eigenvalue weighted by molar-refractivity contribution is -0.137. The van der Waals surface area contributed by atoms with Crippen molar-refractivity contribution in [2.24, 2.45) is 4.99 Å². The summed E-state index contributed by atoms with van der Waals surface area (Å²) in [6.45, 7) is -3.54. The van der Waals surface area contributed by atoms with Gasteiger partial charge in [0.2, 0.25) is 5.91 Å². The van der Waals surface area contributed by atoms with E-state index in [0.717, 1.165) is 0 Å². The largest absolute Gasteiger partial charge is 0.481 e. The molecule has 0 saturated carbocycles. The predicted molar refractivity (Wildman–Crippen MR) is 141 cm³/mol. The predicted octanol–water partition coefficient (Wildman–Crippen LogP) is 2.70. The number of nitrogens with zero attached hydrogens (tertiary/aromatic N) is 2. The number of aromatic amines is 1. The number of aliphatic carboxylic acids is 1. The number of guanidine groups is 1. The highest BCUT2D eigenvalue weighted by Gasteiger charge is 2.21. The number of hydrogen-bond acceptors (Lipinski definition) is 8. The third-order valence-electron chi connectivity index (χ3n) is 5.66. The maximum absolute atomic E-state index is 13.4. The molecule has 1 unspecified atom stereocenters. The van der Waals surface area contributed by atoms with Crippen LogP contribution in [0.2, 0.25) is 0 Å². The standard InChI is InChI=1S/C24H23BrF3N7O5/c25-13-1-11(2-15(5-13)40-23(27)28)17(6-21(37)38)33-20(36)10-29-22(39)12-3-18(16-9-32-35-19(16)4-12)34-24-30-7-14(26)8-31-24/h1-5,9,14,17,23H,6-8,10H2,(H,29,39)(H,32,35)(H,33,36)(H,37,38)(H2,30,31,34)/t17-/m0/s1. The fourth-order valence-electron chi connectivity index (χ4n) is 3.91. The van der Waals surface area contributed by atoms with Gasteiger partial charge in [0.05, 0.1) is 49.5 Å². The Morgan fingerprint density at radius 1 is 1.20 bits per heavy atom. The van der Waals surface area contributed by atoms with Crippen LogP contribution in [-0.4, -0.2) is 71.5 Å². The molecule has 212 valence electrons. The van der Waals surface area contributed by atoms with Crippen LogP contribution in [0.25, 0.3) is 10.9 Å². The first-order valence-electron chi connectivity index (χ1n) is 11.8. The average Bonchev–Trinajstić information content (AvgIpc) is 3.36. The maximum Gasteiger partial charge on any atom is 0.387 e. The van der Waals surface area contributed by atoms with Crippen LogP contribution in [0.5, 0.6) is 5.75 Å². The molecule has 2 atom stereocenters. The molecule has 4 rings (SSSR count). The second kappa shape index (κ2) is 12.7. The van der Waals surface area contributed by atoms with Crippen LogP contribution in [0.15, 0.2) is 46.0 Å². The number of halogens is 4. The van der Waals surface area contributed by atoms with E-state index in [2.05, 4.69) is 57.1 Å². The third-order valence-corrected chi connectivity index (χ3v) is 6.11. The number of nitrogens with one attached hydrogen (secondary N) is 5. The molecule has 2 aromatic carbocycles. The van der Waals surface area contributed by atoms with Gasteiger partial charge in [0.25, 0.3) is 5.91 Å². The lowest BCUT2D eigenvalue weighted by Crippen LogP contribution is -2.41. The first-order valence-corrected chi connectivity index (χ1v) is 12.6. The molecule has 12 nitrogen and oxygen atoms in total. The van der Waals surface area contributed by atoms with Gasteiger partial charge >= 0.3 is 12.6 Å². The van der Waals surface area contributed by atoms with E-state index in [-0.39, 0.29) is 30.0 Å². The Kier molecular flexibility index (Phi) is 9.08. The number of amides is 2. The summed E-state index contributed by atoms with van der Waals surface area (Å²) >= 11 is 3.15. The zero-order chi connectivity index (χ0) is 28.8. The fourth-order valence-corrected chi connectivity index (χ4v) is 4.40. The number of carbonyl (C=O) groups excluding carboxylic acids is 2. The van der Waals surface area contributed by atoms with Crippen LogP contribution in [-0.2, 0) is 9.59 Å². The summed E-state index contributed by atoms with van der Waals surface area (Å²) < 4.78 is 43.4. The van der Waals surface area contributed by atoms with Crippen LogP contribution in [0, 0.1) is 0 Å². The topological polar surface area (TPSA) is 170 Å². The Hall–Kier alpha value is -4.34. The molecule has 0 radical (unpaired) electrons. The number of carboxylic acids is 1. The van der Waals surface area contributed by atoms with Crippen molar-refractivity contribution in [2.75, 3.05) is 25.0 Å². The molecular formula is C24H23BrF3N7O5. The number of aliphatic imine (C=N–C) groups is 1. The van der Waals surface area contributed by atoms with E-state index < -0.39 is 49.6 Å². The average molecular weight is 626 g/mol. The molecule has 0 saturated heterocycles. The maximum atomic E-state index is 13.4. The molecule has 2 amide bonds. The van der Waals surface area contributed by atoms with E-state index in [9.17, 15) is 32.7 Å². The number of hydrogen-bond donors (Lipinski definition) is 6. The van der Waals surface area contributed by atoms with Gasteiger partial charge in [-0.2, -0.15) is 13.9 Å². The molecule has 1 aliphatic rings. The van der Waals surface area contributed by atoms with Crippen LogP contribution in [0.4, 0.5) is 18.9 Å². The highest BCUT2D eigenvalue weighted by Crippen LogP contribution is 2.28. The summed E-state index contributed by atoms with van der Waals surface area (Å²) in [4.78, 5) is 41.0. The fraction of sp³-hybridized carbons (Fsp3) is 0.292. The Labute approximate surface area is 232 Å². The minimum Gasteiger partial charge on any atom is -0.481 e. The van der Waals surface area contributed by atoms with Crippen LogP contribution in [0.3, 0.4) is 0 Å². The monoisotopic (exact) mass is 625 g/mol. The first-order chi connectivity index (χ1) is 19.1. The highest BCUT2D eigenvalue weighted by atomic mass is 79.9. The molecule has 6 N–H and O–H groups in total. The van der Waals surface area contributed by atoms with Gasteiger partial charge in [-0.15, -0.1) is 0 Å². The van der Waals surface area contributed by atoms with E-state index >= 15 is 0 Å². The van der Waals surface area contributed by atoms with Crippen molar-refractivity contribution in [1.82, 2.24) is 26.1 Å². The van der Waals surface area contributed by atoms with E-state index in [0.29, 0.717) is 27.0 Å². The Balaban J connectivity index is 1.45. The third kappa shape index (κ3) is 7.62. The van der Waals surface area contributed by atoms with Crippen molar-refractivity contribution in [2.45, 2.75) is 25.2 Å². The van der Waals surface area contributed by atoms with Gasteiger partial charge in [-0.05, 0) is 35.9 Å². The number of fused-ring (bicyclic) bond motifs is 1. The highest BCUT2D eigenvalue weighted by molar-refractivity contribution is 9.10. The Morgan fingerprint density at radius 3 is 2.70 bits per heavy atom. The zero-order valence-corrected chi connectivity index (χ0v) is 22.1. The molecule has 0 spiro atoms. The number of carbonyl (C=O) groups is 3. The van der Waals surface area contributed by atoms with Gasteiger partial charge in [0.1, 0.15) is 11.9 Å². The van der Waals surface area contributed by atoms with Crippen molar-refractivity contribution in [3.63, 3.8) is 0 Å². The number of anilines is 1. The van der Waals surface area contributed by atoms with Gasteiger partial charge < -0.3 is 31.1 Å². The van der Waals surface area contributed by atoms with Crippen LogP contribution in [0.1, 0.15) is 28.4 Å². The SMILES string of the molecule is O=C(O)C[C@H](NC(=O)CNC(=O)c1cc(NC2=NCC(F)CN2)c2cn[nH]c2c1)c1cc(Br)cc(OC(F)F)c1. The van der Waals surface area contributed by atoms with Crippen LogP contribution >= 0.6 is 15.9 Å².